The largest absolute Gasteiger partial charge is 0.396 e. The Morgan fingerprint density at radius 1 is 1.27 bits per heavy atom. The molecule has 0 fully saturated rings. The third kappa shape index (κ3) is 3.71. The summed E-state index contributed by atoms with van der Waals surface area (Å²) in [6.07, 6.45) is 5.26. The molecule has 0 saturated carbocycles. The van der Waals surface area contributed by atoms with Gasteiger partial charge in [-0.2, -0.15) is 5.26 Å². The average molecular weight is 301 g/mol. The molecule has 5 heteroatoms. The predicted octanol–water partition coefficient (Wildman–Crippen LogP) is 3.52. The van der Waals surface area contributed by atoms with E-state index in [2.05, 4.69) is 16.4 Å². The lowest BCUT2D eigenvalue weighted by Crippen LogP contribution is -2.05. The van der Waals surface area contributed by atoms with Crippen molar-refractivity contribution in [2.24, 2.45) is 0 Å². The first kappa shape index (κ1) is 16.2. The van der Waals surface area contributed by atoms with Crippen LogP contribution in [0.25, 0.3) is 10.9 Å². The van der Waals surface area contributed by atoms with Gasteiger partial charge in [0.2, 0.25) is 0 Å². The second-order valence-electron chi connectivity index (χ2n) is 5.34. The van der Waals surface area contributed by atoms with Gasteiger partial charge < -0.3 is 10.4 Å². The quantitative estimate of drug-likeness (QED) is 0.768. The summed E-state index contributed by atoms with van der Waals surface area (Å²) in [6.45, 7) is 2.73. The fraction of sp³-hybridized carbons (Fsp3) is 0.412. The van der Waals surface area contributed by atoms with Crippen molar-refractivity contribution in [2.45, 2.75) is 32.6 Å². The fourth-order valence-corrected chi connectivity index (χ4v) is 2.52. The molecule has 4 nitrogen and oxygen atoms in total. The first-order valence-electron chi connectivity index (χ1n) is 7.51. The second-order valence-corrected chi connectivity index (χ2v) is 5.34. The van der Waals surface area contributed by atoms with Gasteiger partial charge in [-0.25, -0.2) is 4.39 Å². The van der Waals surface area contributed by atoms with Crippen molar-refractivity contribution in [3.05, 3.63) is 35.3 Å². The van der Waals surface area contributed by atoms with Gasteiger partial charge in [0.15, 0.2) is 0 Å². The maximum Gasteiger partial charge on any atom is 0.124 e. The topological polar surface area (TPSA) is 68.9 Å². The zero-order valence-electron chi connectivity index (χ0n) is 12.7. The highest BCUT2D eigenvalue weighted by atomic mass is 19.1. The van der Waals surface area contributed by atoms with Gasteiger partial charge in [-0.1, -0.05) is 12.8 Å². The molecule has 22 heavy (non-hydrogen) atoms. The summed E-state index contributed by atoms with van der Waals surface area (Å²) in [5.41, 5.74) is 2.54. The molecule has 0 aliphatic carbocycles. The van der Waals surface area contributed by atoms with Crippen LogP contribution >= 0.6 is 0 Å². The smallest absolute Gasteiger partial charge is 0.124 e. The third-order valence-corrected chi connectivity index (χ3v) is 3.63. The summed E-state index contributed by atoms with van der Waals surface area (Å²) in [6, 6.07) is 4.97. The Morgan fingerprint density at radius 3 is 2.77 bits per heavy atom. The maximum atomic E-state index is 13.7. The number of unbranched alkanes of at least 4 members (excludes halogenated alkanes) is 3. The van der Waals surface area contributed by atoms with E-state index in [1.54, 1.807) is 0 Å². The minimum atomic E-state index is -0.326. The van der Waals surface area contributed by atoms with Crippen LogP contribution in [0.15, 0.2) is 18.3 Å². The van der Waals surface area contributed by atoms with E-state index < -0.39 is 0 Å². The van der Waals surface area contributed by atoms with Crippen LogP contribution < -0.4 is 5.32 Å². The Kier molecular flexibility index (Phi) is 5.68. The van der Waals surface area contributed by atoms with Crippen molar-refractivity contribution in [1.29, 1.82) is 5.26 Å². The van der Waals surface area contributed by atoms with Crippen LogP contribution in [-0.4, -0.2) is 23.2 Å². The highest BCUT2D eigenvalue weighted by Gasteiger charge is 2.11. The number of aryl methyl sites for hydroxylation is 1. The lowest BCUT2D eigenvalue weighted by Gasteiger charge is -2.12. The van der Waals surface area contributed by atoms with E-state index in [-0.39, 0.29) is 12.4 Å². The molecule has 1 aromatic carbocycles. The lowest BCUT2D eigenvalue weighted by molar-refractivity contribution is 0.283. The van der Waals surface area contributed by atoms with E-state index in [1.165, 1.54) is 18.3 Å². The zero-order valence-corrected chi connectivity index (χ0v) is 12.7. The summed E-state index contributed by atoms with van der Waals surface area (Å²) in [7, 11) is 0. The monoisotopic (exact) mass is 301 g/mol. The van der Waals surface area contributed by atoms with Crippen molar-refractivity contribution in [3.63, 3.8) is 0 Å². The van der Waals surface area contributed by atoms with Gasteiger partial charge in [0.05, 0.1) is 16.8 Å². The van der Waals surface area contributed by atoms with Gasteiger partial charge in [0, 0.05) is 24.7 Å². The molecule has 1 aromatic heterocycles. The third-order valence-electron chi connectivity index (χ3n) is 3.63. The molecule has 2 rings (SSSR count). The number of aliphatic hydroxyl groups is 1. The van der Waals surface area contributed by atoms with Crippen LogP contribution in [0.4, 0.5) is 10.1 Å². The maximum absolute atomic E-state index is 13.7. The molecule has 0 aliphatic heterocycles. The number of halogens is 1. The van der Waals surface area contributed by atoms with Gasteiger partial charge in [0.25, 0.3) is 0 Å². The minimum absolute atomic E-state index is 0.222. The van der Waals surface area contributed by atoms with Crippen molar-refractivity contribution in [1.82, 2.24) is 4.98 Å². The number of hydrogen-bond acceptors (Lipinski definition) is 4. The standard InChI is InChI=1S/C17H20FN3O/c1-12-8-14(18)9-15-16(12)21-11-13(10-19)17(15)20-6-4-2-3-5-7-22/h8-9,11,22H,2-7H2,1H3,(H,20,21). The van der Waals surface area contributed by atoms with E-state index in [1.807, 2.05) is 6.92 Å². The number of nitriles is 1. The van der Waals surface area contributed by atoms with Gasteiger partial charge in [-0.05, 0) is 37.5 Å². The highest BCUT2D eigenvalue weighted by Crippen LogP contribution is 2.28. The van der Waals surface area contributed by atoms with Crippen LogP contribution in [-0.2, 0) is 0 Å². The van der Waals surface area contributed by atoms with Crippen molar-refractivity contribution < 1.29 is 9.50 Å². The Bertz CT molecular complexity index is 694. The molecule has 0 amide bonds. The van der Waals surface area contributed by atoms with E-state index in [0.717, 1.165) is 31.2 Å². The molecule has 0 spiro atoms. The SMILES string of the molecule is Cc1cc(F)cc2c(NCCCCCCO)c(C#N)cnc12. The lowest BCUT2D eigenvalue weighted by atomic mass is 10.1. The molecular weight excluding hydrogens is 281 g/mol. The first-order chi connectivity index (χ1) is 10.7. The zero-order chi connectivity index (χ0) is 15.9. The number of anilines is 1. The molecule has 0 bridgehead atoms. The normalized spacial score (nSPS) is 10.6. The van der Waals surface area contributed by atoms with E-state index in [9.17, 15) is 9.65 Å². The number of aromatic nitrogens is 1. The number of nitrogens with one attached hydrogen (secondary N) is 1. The number of fused-ring (bicyclic) bond motifs is 1. The highest BCUT2D eigenvalue weighted by molar-refractivity contribution is 5.95. The van der Waals surface area contributed by atoms with Crippen LogP contribution in [0, 0.1) is 24.1 Å². The predicted molar refractivity (Wildman–Crippen MR) is 85.2 cm³/mol. The van der Waals surface area contributed by atoms with Crippen LogP contribution in [0.1, 0.15) is 36.8 Å². The van der Waals surface area contributed by atoms with E-state index in [0.29, 0.717) is 28.7 Å². The van der Waals surface area contributed by atoms with Gasteiger partial charge in [0.1, 0.15) is 11.9 Å². The summed E-state index contributed by atoms with van der Waals surface area (Å²) in [5.74, 6) is -0.326. The minimum Gasteiger partial charge on any atom is -0.396 e. The van der Waals surface area contributed by atoms with E-state index in [4.69, 9.17) is 5.11 Å². The van der Waals surface area contributed by atoms with Crippen LogP contribution in [0.3, 0.4) is 0 Å². The molecule has 0 aliphatic rings. The number of nitrogens with zero attached hydrogens (tertiary/aromatic N) is 2. The first-order valence-corrected chi connectivity index (χ1v) is 7.51. The van der Waals surface area contributed by atoms with Crippen LogP contribution in [0.2, 0.25) is 0 Å². The molecule has 0 radical (unpaired) electrons. The molecular formula is C17H20FN3O. The van der Waals surface area contributed by atoms with E-state index >= 15 is 0 Å². The molecule has 0 atom stereocenters. The Labute approximate surface area is 129 Å². The van der Waals surface area contributed by atoms with Gasteiger partial charge >= 0.3 is 0 Å². The Hall–Kier alpha value is -2.19. The molecule has 116 valence electrons. The molecule has 0 unspecified atom stereocenters. The van der Waals surface area contributed by atoms with Gasteiger partial charge in [-0.3, -0.25) is 4.98 Å². The Balaban J connectivity index is 2.21. The summed E-state index contributed by atoms with van der Waals surface area (Å²) in [5, 5.41) is 21.9. The van der Waals surface area contributed by atoms with Crippen LogP contribution in [0.5, 0.6) is 0 Å². The number of benzene rings is 1. The summed E-state index contributed by atoms with van der Waals surface area (Å²) >= 11 is 0. The van der Waals surface area contributed by atoms with Crippen molar-refractivity contribution in [2.75, 3.05) is 18.5 Å². The summed E-state index contributed by atoms with van der Waals surface area (Å²) < 4.78 is 13.7. The summed E-state index contributed by atoms with van der Waals surface area (Å²) in [4.78, 5) is 4.27. The number of hydrogen-bond donors (Lipinski definition) is 2. The number of pyridine rings is 1. The average Bonchev–Trinajstić information content (AvgIpc) is 2.50. The number of aliphatic hydroxyl groups excluding tert-OH is 1. The molecule has 2 aromatic rings. The van der Waals surface area contributed by atoms with Gasteiger partial charge in [-0.15, -0.1) is 0 Å². The molecule has 1 heterocycles. The van der Waals surface area contributed by atoms with Crippen molar-refractivity contribution >= 4 is 16.6 Å². The number of rotatable bonds is 7. The molecule has 2 N–H and O–H groups in total. The fourth-order valence-electron chi connectivity index (χ4n) is 2.52. The van der Waals surface area contributed by atoms with Crippen molar-refractivity contribution in [3.8, 4) is 6.07 Å². The molecule has 0 saturated heterocycles. The Morgan fingerprint density at radius 2 is 2.05 bits per heavy atom. The second kappa shape index (κ2) is 7.71.